The average Bonchev–Trinajstić information content (AvgIpc) is 2.59. The Kier molecular flexibility index (Phi) is 5.62. The highest BCUT2D eigenvalue weighted by molar-refractivity contribution is 5.97. The number of amides is 1. The summed E-state index contributed by atoms with van der Waals surface area (Å²) in [5.41, 5.74) is 0.0236. The highest BCUT2D eigenvalue weighted by atomic mass is 19.1. The van der Waals surface area contributed by atoms with Gasteiger partial charge in [-0.2, -0.15) is 0 Å². The molecule has 2 heterocycles. The summed E-state index contributed by atoms with van der Waals surface area (Å²) in [5.74, 6) is -0.692. The van der Waals surface area contributed by atoms with Crippen molar-refractivity contribution in [1.29, 1.82) is 0 Å². The van der Waals surface area contributed by atoms with E-state index in [4.69, 9.17) is 0 Å². The van der Waals surface area contributed by atoms with Gasteiger partial charge in [-0.05, 0) is 57.6 Å². The average molecular weight is 374 g/mol. The molecule has 1 amide bonds. The molecule has 1 fully saturated rings. The van der Waals surface area contributed by atoms with Crippen LogP contribution in [0.1, 0.15) is 24.2 Å². The van der Waals surface area contributed by atoms with E-state index in [0.717, 1.165) is 13.1 Å². The fourth-order valence-corrected chi connectivity index (χ4v) is 3.78. The van der Waals surface area contributed by atoms with E-state index < -0.39 is 11.4 Å². The van der Waals surface area contributed by atoms with E-state index in [-0.39, 0.29) is 23.6 Å². The molecule has 2 aromatic rings. The number of halogens is 1. The fourth-order valence-electron chi connectivity index (χ4n) is 3.78. The number of nitrogens with one attached hydrogen (secondary N) is 1. The van der Waals surface area contributed by atoms with E-state index in [1.807, 2.05) is 14.1 Å². The second-order valence-corrected chi connectivity index (χ2v) is 7.69. The number of pyridine rings is 1. The van der Waals surface area contributed by atoms with Crippen molar-refractivity contribution in [2.45, 2.75) is 25.9 Å². The third-order valence-electron chi connectivity index (χ3n) is 5.23. The summed E-state index contributed by atoms with van der Waals surface area (Å²) in [7, 11) is 4.10. The Morgan fingerprint density at radius 2 is 1.89 bits per heavy atom. The van der Waals surface area contributed by atoms with Crippen LogP contribution in [0.4, 0.5) is 4.39 Å². The summed E-state index contributed by atoms with van der Waals surface area (Å²) in [6, 6.07) is 6.14. The van der Waals surface area contributed by atoms with Gasteiger partial charge in [-0.25, -0.2) is 4.39 Å². The summed E-state index contributed by atoms with van der Waals surface area (Å²) >= 11 is 0. The Morgan fingerprint density at radius 1 is 1.22 bits per heavy atom. The smallest absolute Gasteiger partial charge is 0.261 e. The quantitative estimate of drug-likeness (QED) is 0.886. The SMILES string of the molecule is CC1CN(C(=O)c2cc3ccc(F)cc3[nH]c2=O)CC(C)N1CCN(C)C. The van der Waals surface area contributed by atoms with Crippen LogP contribution in [0.3, 0.4) is 0 Å². The van der Waals surface area contributed by atoms with Crippen molar-refractivity contribution >= 4 is 16.8 Å². The molecule has 1 N–H and O–H groups in total. The predicted molar refractivity (Wildman–Crippen MR) is 105 cm³/mol. The number of hydrogen-bond acceptors (Lipinski definition) is 4. The maximum atomic E-state index is 13.3. The molecule has 7 heteroatoms. The number of benzene rings is 1. The molecular weight excluding hydrogens is 347 g/mol. The van der Waals surface area contributed by atoms with Crippen molar-refractivity contribution < 1.29 is 9.18 Å². The number of aromatic nitrogens is 1. The standard InChI is InChI=1S/C20H27FN4O2/c1-13-11-24(12-14(2)25(13)8-7-23(3)4)20(27)17-9-15-5-6-16(21)10-18(15)22-19(17)26/h5-6,9-10,13-14H,7-8,11-12H2,1-4H3,(H,22,26). The molecule has 27 heavy (non-hydrogen) atoms. The van der Waals surface area contributed by atoms with Crippen molar-refractivity contribution in [3.63, 3.8) is 0 Å². The fraction of sp³-hybridized carbons (Fsp3) is 0.500. The number of carbonyl (C=O) groups excluding carboxylic acids is 1. The Balaban J connectivity index is 1.80. The molecule has 0 radical (unpaired) electrons. The van der Waals surface area contributed by atoms with Crippen molar-refractivity contribution in [2.75, 3.05) is 40.3 Å². The molecule has 1 aliphatic heterocycles. The van der Waals surface area contributed by atoms with Gasteiger partial charge in [0.1, 0.15) is 11.4 Å². The minimum atomic E-state index is -0.478. The van der Waals surface area contributed by atoms with E-state index in [1.54, 1.807) is 17.0 Å². The molecule has 1 saturated heterocycles. The number of nitrogens with zero attached hydrogens (tertiary/aromatic N) is 3. The number of aromatic amines is 1. The minimum absolute atomic E-state index is 0.107. The number of fused-ring (bicyclic) bond motifs is 1. The lowest BCUT2D eigenvalue weighted by molar-refractivity contribution is 0.0282. The van der Waals surface area contributed by atoms with E-state index in [2.05, 4.69) is 28.6 Å². The molecule has 0 spiro atoms. The lowest BCUT2D eigenvalue weighted by Gasteiger charge is -2.44. The summed E-state index contributed by atoms with van der Waals surface area (Å²) in [5, 5.41) is 0.644. The maximum Gasteiger partial charge on any atom is 0.261 e. The van der Waals surface area contributed by atoms with Crippen molar-refractivity contribution in [2.24, 2.45) is 0 Å². The summed E-state index contributed by atoms with van der Waals surface area (Å²) in [6.07, 6.45) is 0. The van der Waals surface area contributed by atoms with Gasteiger partial charge in [0, 0.05) is 38.3 Å². The first kappa shape index (κ1) is 19.5. The van der Waals surface area contributed by atoms with Gasteiger partial charge in [0.05, 0.1) is 5.52 Å². The van der Waals surface area contributed by atoms with Gasteiger partial charge in [-0.1, -0.05) is 0 Å². The van der Waals surface area contributed by atoms with Gasteiger partial charge in [0.25, 0.3) is 11.5 Å². The van der Waals surface area contributed by atoms with Crippen LogP contribution in [0.5, 0.6) is 0 Å². The molecule has 2 unspecified atom stereocenters. The van der Waals surface area contributed by atoms with Crippen LogP contribution in [-0.4, -0.2) is 77.9 Å². The first-order chi connectivity index (χ1) is 12.8. The molecule has 2 atom stereocenters. The van der Waals surface area contributed by atoms with Gasteiger partial charge in [0.2, 0.25) is 0 Å². The molecule has 0 bridgehead atoms. The van der Waals surface area contributed by atoms with Gasteiger partial charge in [0.15, 0.2) is 0 Å². The zero-order valence-corrected chi connectivity index (χ0v) is 16.3. The van der Waals surface area contributed by atoms with Crippen LogP contribution in [-0.2, 0) is 0 Å². The van der Waals surface area contributed by atoms with Crippen LogP contribution >= 0.6 is 0 Å². The third kappa shape index (κ3) is 4.20. The molecular formula is C20H27FN4O2. The Morgan fingerprint density at radius 3 is 2.52 bits per heavy atom. The molecule has 1 aliphatic rings. The largest absolute Gasteiger partial charge is 0.335 e. The highest BCUT2D eigenvalue weighted by Crippen LogP contribution is 2.19. The number of carbonyl (C=O) groups is 1. The summed E-state index contributed by atoms with van der Waals surface area (Å²) in [4.78, 5) is 34.3. The normalized spacial score (nSPS) is 21.2. The van der Waals surface area contributed by atoms with Gasteiger partial charge < -0.3 is 14.8 Å². The number of likely N-dealkylation sites (N-methyl/N-ethyl adjacent to an activating group) is 1. The van der Waals surface area contributed by atoms with E-state index in [9.17, 15) is 14.0 Å². The molecule has 3 rings (SSSR count). The molecule has 1 aromatic heterocycles. The first-order valence-electron chi connectivity index (χ1n) is 9.28. The number of H-pyrrole nitrogens is 1. The summed E-state index contributed by atoms with van der Waals surface area (Å²) in [6.45, 7) is 7.29. The highest BCUT2D eigenvalue weighted by Gasteiger charge is 2.32. The van der Waals surface area contributed by atoms with Crippen LogP contribution < -0.4 is 5.56 Å². The van der Waals surface area contributed by atoms with Crippen LogP contribution in [0.25, 0.3) is 10.9 Å². The van der Waals surface area contributed by atoms with Crippen molar-refractivity contribution in [3.05, 3.63) is 46.0 Å². The number of piperazine rings is 1. The maximum absolute atomic E-state index is 13.3. The molecule has 0 saturated carbocycles. The number of rotatable bonds is 4. The molecule has 1 aromatic carbocycles. The van der Waals surface area contributed by atoms with Crippen molar-refractivity contribution in [1.82, 2.24) is 19.7 Å². The minimum Gasteiger partial charge on any atom is -0.335 e. The molecule has 146 valence electrons. The van der Waals surface area contributed by atoms with Crippen LogP contribution in [0.2, 0.25) is 0 Å². The topological polar surface area (TPSA) is 59.7 Å². The van der Waals surface area contributed by atoms with Gasteiger partial charge >= 0.3 is 0 Å². The van der Waals surface area contributed by atoms with Crippen LogP contribution in [0.15, 0.2) is 29.1 Å². The van der Waals surface area contributed by atoms with Gasteiger partial charge in [-0.3, -0.25) is 14.5 Å². The Labute approximate surface area is 158 Å². The first-order valence-corrected chi connectivity index (χ1v) is 9.28. The predicted octanol–water partition coefficient (Wildman–Crippen LogP) is 1.76. The third-order valence-corrected chi connectivity index (χ3v) is 5.23. The van der Waals surface area contributed by atoms with Gasteiger partial charge in [-0.15, -0.1) is 0 Å². The zero-order chi connectivity index (χ0) is 19.7. The lowest BCUT2D eigenvalue weighted by Crippen LogP contribution is -2.59. The number of hydrogen-bond donors (Lipinski definition) is 1. The Bertz CT molecular complexity index is 883. The van der Waals surface area contributed by atoms with Crippen molar-refractivity contribution in [3.8, 4) is 0 Å². The lowest BCUT2D eigenvalue weighted by atomic mass is 10.1. The second-order valence-electron chi connectivity index (χ2n) is 7.69. The molecule has 6 nitrogen and oxygen atoms in total. The summed E-state index contributed by atoms with van der Waals surface area (Å²) < 4.78 is 13.3. The monoisotopic (exact) mass is 374 g/mol. The Hall–Kier alpha value is -2.25. The van der Waals surface area contributed by atoms with E-state index >= 15 is 0 Å². The van der Waals surface area contributed by atoms with E-state index in [0.29, 0.717) is 24.0 Å². The molecule has 0 aliphatic carbocycles. The second kappa shape index (κ2) is 7.78. The van der Waals surface area contributed by atoms with E-state index in [1.165, 1.54) is 12.1 Å². The van der Waals surface area contributed by atoms with Crippen LogP contribution in [0, 0.1) is 5.82 Å². The zero-order valence-electron chi connectivity index (χ0n) is 16.3.